The van der Waals surface area contributed by atoms with Crippen molar-refractivity contribution in [2.45, 2.75) is 19.3 Å². The van der Waals surface area contributed by atoms with Crippen LogP contribution in [0.4, 0.5) is 0 Å². The summed E-state index contributed by atoms with van der Waals surface area (Å²) in [6, 6.07) is 9.52. The van der Waals surface area contributed by atoms with Gasteiger partial charge in [-0.2, -0.15) is 0 Å². The van der Waals surface area contributed by atoms with Gasteiger partial charge in [-0.05, 0) is 26.1 Å². The normalized spacial score (nSPS) is 12.2. The van der Waals surface area contributed by atoms with Crippen LogP contribution in [0.1, 0.15) is 24.8 Å². The number of nitrogens with zero attached hydrogens (tertiary/aromatic N) is 2. The molecule has 1 amide bonds. The molecule has 5 heteroatoms. The van der Waals surface area contributed by atoms with Gasteiger partial charge < -0.3 is 15.5 Å². The number of nitrogens with two attached hydrogens (primary N) is 1. The molecule has 0 radical (unpaired) electrons. The molecular formula is C16H25N3OS. The zero-order chi connectivity index (χ0) is 15.8. The van der Waals surface area contributed by atoms with Gasteiger partial charge in [0.15, 0.2) is 0 Å². The highest BCUT2D eigenvalue weighted by Crippen LogP contribution is 2.19. The molecule has 21 heavy (non-hydrogen) atoms. The third-order valence-electron chi connectivity index (χ3n) is 3.29. The number of benzene rings is 1. The van der Waals surface area contributed by atoms with E-state index in [-0.39, 0.29) is 10.9 Å². The van der Waals surface area contributed by atoms with Crippen LogP contribution in [0, 0.1) is 0 Å². The summed E-state index contributed by atoms with van der Waals surface area (Å²) in [5, 5.41) is 0. The third kappa shape index (κ3) is 5.44. The molecular weight excluding hydrogens is 282 g/mol. The highest BCUT2D eigenvalue weighted by atomic mass is 32.1. The van der Waals surface area contributed by atoms with Crippen molar-refractivity contribution in [2.75, 3.05) is 33.7 Å². The third-order valence-corrected chi connectivity index (χ3v) is 3.52. The van der Waals surface area contributed by atoms with Gasteiger partial charge in [0.1, 0.15) is 5.92 Å². The summed E-state index contributed by atoms with van der Waals surface area (Å²) >= 11 is 5.13. The van der Waals surface area contributed by atoms with Gasteiger partial charge in [0, 0.05) is 19.6 Å². The van der Waals surface area contributed by atoms with Crippen molar-refractivity contribution in [3.8, 4) is 0 Å². The summed E-state index contributed by atoms with van der Waals surface area (Å²) < 4.78 is 0. The number of amides is 1. The minimum absolute atomic E-state index is 0.00241. The summed E-state index contributed by atoms with van der Waals surface area (Å²) in [5.74, 6) is -0.535. The number of hydrogen-bond donors (Lipinski definition) is 1. The number of rotatable bonds is 8. The van der Waals surface area contributed by atoms with Gasteiger partial charge in [-0.15, -0.1) is 0 Å². The van der Waals surface area contributed by atoms with E-state index in [2.05, 4.69) is 11.8 Å². The molecule has 1 rings (SSSR count). The lowest BCUT2D eigenvalue weighted by Crippen LogP contribution is -2.43. The lowest BCUT2D eigenvalue weighted by atomic mass is 9.97. The van der Waals surface area contributed by atoms with Gasteiger partial charge in [-0.3, -0.25) is 4.79 Å². The first-order valence-electron chi connectivity index (χ1n) is 7.25. The highest BCUT2D eigenvalue weighted by molar-refractivity contribution is 7.80. The van der Waals surface area contributed by atoms with E-state index in [0.29, 0.717) is 6.54 Å². The molecule has 1 unspecified atom stereocenters. The molecule has 1 aromatic carbocycles. The van der Waals surface area contributed by atoms with Gasteiger partial charge in [-0.25, -0.2) is 0 Å². The second-order valence-electron chi connectivity index (χ2n) is 5.37. The van der Waals surface area contributed by atoms with Crippen molar-refractivity contribution >= 4 is 23.1 Å². The number of likely N-dealkylation sites (N-methyl/N-ethyl adjacent to an activating group) is 1. The Balaban J connectivity index is 2.94. The Morgan fingerprint density at radius 2 is 1.81 bits per heavy atom. The average molecular weight is 307 g/mol. The van der Waals surface area contributed by atoms with Crippen LogP contribution < -0.4 is 5.73 Å². The summed E-state index contributed by atoms with van der Waals surface area (Å²) in [7, 11) is 3.99. The first-order chi connectivity index (χ1) is 9.97. The lowest BCUT2D eigenvalue weighted by Gasteiger charge is -2.28. The lowest BCUT2D eigenvalue weighted by molar-refractivity contribution is -0.131. The van der Waals surface area contributed by atoms with Crippen molar-refractivity contribution in [1.82, 2.24) is 9.80 Å². The van der Waals surface area contributed by atoms with Crippen molar-refractivity contribution in [3.05, 3.63) is 35.9 Å². The SMILES string of the molecule is CCCN(CCN(C)C)C(=O)C(C(N)=S)c1ccccc1. The number of carbonyl (C=O) groups excluding carboxylic acids is 1. The molecule has 116 valence electrons. The van der Waals surface area contributed by atoms with Crippen molar-refractivity contribution in [3.63, 3.8) is 0 Å². The molecule has 4 nitrogen and oxygen atoms in total. The number of thiocarbonyl (C=S) groups is 1. The maximum atomic E-state index is 12.8. The number of hydrogen-bond acceptors (Lipinski definition) is 3. The standard InChI is InChI=1S/C16H25N3OS/c1-4-10-19(12-11-18(2)3)16(20)14(15(17)21)13-8-6-5-7-9-13/h5-9,14H,4,10-12H2,1-3H3,(H2,17,21). The fraction of sp³-hybridized carbons (Fsp3) is 0.500. The van der Waals surface area contributed by atoms with Crippen LogP contribution in [0.2, 0.25) is 0 Å². The molecule has 2 N–H and O–H groups in total. The first kappa shape index (κ1) is 17.6. The van der Waals surface area contributed by atoms with Gasteiger partial charge >= 0.3 is 0 Å². The second kappa shape index (κ2) is 8.74. The molecule has 0 aliphatic carbocycles. The van der Waals surface area contributed by atoms with Gasteiger partial charge in [0.2, 0.25) is 5.91 Å². The molecule has 1 atom stereocenters. The predicted octanol–water partition coefficient (Wildman–Crippen LogP) is 1.86. The van der Waals surface area contributed by atoms with Crippen LogP contribution in [0.25, 0.3) is 0 Å². The van der Waals surface area contributed by atoms with E-state index in [4.69, 9.17) is 18.0 Å². The van der Waals surface area contributed by atoms with Crippen LogP contribution in [0.15, 0.2) is 30.3 Å². The molecule has 0 saturated carbocycles. The van der Waals surface area contributed by atoms with E-state index in [1.165, 1.54) is 0 Å². The maximum Gasteiger partial charge on any atom is 0.237 e. The monoisotopic (exact) mass is 307 g/mol. The topological polar surface area (TPSA) is 49.6 Å². The summed E-state index contributed by atoms with van der Waals surface area (Å²) in [6.07, 6.45) is 0.915. The maximum absolute atomic E-state index is 12.8. The molecule has 0 heterocycles. The largest absolute Gasteiger partial charge is 0.392 e. The fourth-order valence-electron chi connectivity index (χ4n) is 2.18. The Morgan fingerprint density at radius 1 is 1.19 bits per heavy atom. The van der Waals surface area contributed by atoms with Crippen LogP contribution in [0.3, 0.4) is 0 Å². The van der Waals surface area contributed by atoms with E-state index >= 15 is 0 Å². The minimum atomic E-state index is -0.532. The molecule has 0 saturated heterocycles. The Labute approximate surface area is 132 Å². The van der Waals surface area contributed by atoms with E-state index < -0.39 is 5.92 Å². The Bertz CT molecular complexity index is 462. The minimum Gasteiger partial charge on any atom is -0.392 e. The van der Waals surface area contributed by atoms with Crippen LogP contribution in [-0.2, 0) is 4.79 Å². The molecule has 0 aromatic heterocycles. The van der Waals surface area contributed by atoms with E-state index in [0.717, 1.165) is 25.1 Å². The van der Waals surface area contributed by atoms with Crippen LogP contribution in [-0.4, -0.2) is 54.4 Å². The summed E-state index contributed by atoms with van der Waals surface area (Å²) in [6.45, 7) is 4.29. The molecule has 1 aromatic rings. The number of carbonyl (C=O) groups is 1. The first-order valence-corrected chi connectivity index (χ1v) is 7.66. The molecule has 0 fully saturated rings. The van der Waals surface area contributed by atoms with Gasteiger partial charge in [-0.1, -0.05) is 49.5 Å². The fourth-order valence-corrected chi connectivity index (χ4v) is 2.42. The van der Waals surface area contributed by atoms with Crippen LogP contribution >= 0.6 is 12.2 Å². The van der Waals surface area contributed by atoms with E-state index in [1.807, 2.05) is 49.3 Å². The zero-order valence-corrected chi connectivity index (χ0v) is 13.9. The Morgan fingerprint density at radius 3 is 2.29 bits per heavy atom. The quantitative estimate of drug-likeness (QED) is 0.745. The average Bonchev–Trinajstić information content (AvgIpc) is 2.44. The van der Waals surface area contributed by atoms with E-state index in [9.17, 15) is 4.79 Å². The van der Waals surface area contributed by atoms with Gasteiger partial charge in [0.25, 0.3) is 0 Å². The van der Waals surface area contributed by atoms with Gasteiger partial charge in [0.05, 0.1) is 4.99 Å². The Hall–Kier alpha value is -1.46. The van der Waals surface area contributed by atoms with Crippen molar-refractivity contribution < 1.29 is 4.79 Å². The Kier molecular flexibility index (Phi) is 7.32. The molecule has 0 spiro atoms. The zero-order valence-electron chi connectivity index (χ0n) is 13.1. The summed E-state index contributed by atoms with van der Waals surface area (Å²) in [4.78, 5) is 17.0. The smallest absolute Gasteiger partial charge is 0.237 e. The van der Waals surface area contributed by atoms with Crippen molar-refractivity contribution in [1.29, 1.82) is 0 Å². The van der Waals surface area contributed by atoms with Crippen molar-refractivity contribution in [2.24, 2.45) is 5.73 Å². The second-order valence-corrected chi connectivity index (χ2v) is 5.85. The van der Waals surface area contributed by atoms with E-state index in [1.54, 1.807) is 0 Å². The molecule has 0 bridgehead atoms. The molecule has 0 aliphatic rings. The van der Waals surface area contributed by atoms with Crippen LogP contribution in [0.5, 0.6) is 0 Å². The summed E-state index contributed by atoms with van der Waals surface area (Å²) in [5.41, 5.74) is 6.70. The highest BCUT2D eigenvalue weighted by Gasteiger charge is 2.27. The molecule has 0 aliphatic heterocycles. The predicted molar refractivity (Wildman–Crippen MR) is 91.4 cm³/mol.